The first-order valence-electron chi connectivity index (χ1n) is 6.30. The second-order valence-electron chi connectivity index (χ2n) is 4.96. The predicted octanol–water partition coefficient (Wildman–Crippen LogP) is 2.52. The van der Waals surface area contributed by atoms with Crippen molar-refractivity contribution in [3.05, 3.63) is 48.0 Å². The molecule has 0 saturated heterocycles. The van der Waals surface area contributed by atoms with E-state index in [9.17, 15) is 4.79 Å². The number of methoxy groups -OCH3 is 1. The van der Waals surface area contributed by atoms with Gasteiger partial charge < -0.3 is 14.0 Å². The zero-order chi connectivity index (χ0) is 14.8. The standard InChI is InChI=1S/C15H18N2O3/c1-15(2,14-16-9-10-17(14)3)20-12-8-6-5-7-11(12)13(18)19-4/h5-10H,1-4H3. The Hall–Kier alpha value is -2.30. The van der Waals surface area contributed by atoms with E-state index in [2.05, 4.69) is 4.98 Å². The second kappa shape index (κ2) is 5.36. The quantitative estimate of drug-likeness (QED) is 0.804. The lowest BCUT2D eigenvalue weighted by atomic mass is 10.1. The summed E-state index contributed by atoms with van der Waals surface area (Å²) in [5, 5.41) is 0. The molecule has 2 aromatic rings. The average molecular weight is 274 g/mol. The number of para-hydroxylation sites is 1. The van der Waals surface area contributed by atoms with Gasteiger partial charge in [-0.15, -0.1) is 0 Å². The van der Waals surface area contributed by atoms with Crippen LogP contribution in [-0.4, -0.2) is 22.6 Å². The van der Waals surface area contributed by atoms with Gasteiger partial charge in [0.2, 0.25) is 0 Å². The van der Waals surface area contributed by atoms with E-state index in [0.717, 1.165) is 5.82 Å². The van der Waals surface area contributed by atoms with Crippen molar-refractivity contribution in [1.82, 2.24) is 9.55 Å². The van der Waals surface area contributed by atoms with Crippen LogP contribution in [0.25, 0.3) is 0 Å². The molecule has 0 aliphatic carbocycles. The van der Waals surface area contributed by atoms with Crippen molar-refractivity contribution in [2.75, 3.05) is 7.11 Å². The topological polar surface area (TPSA) is 53.4 Å². The van der Waals surface area contributed by atoms with Gasteiger partial charge in [0.25, 0.3) is 0 Å². The fraction of sp³-hybridized carbons (Fsp3) is 0.333. The SMILES string of the molecule is COC(=O)c1ccccc1OC(C)(C)c1nccn1C. The summed E-state index contributed by atoms with van der Waals surface area (Å²) in [5.74, 6) is 0.834. The highest BCUT2D eigenvalue weighted by Crippen LogP contribution is 2.29. The van der Waals surface area contributed by atoms with Gasteiger partial charge in [-0.2, -0.15) is 0 Å². The molecule has 0 fully saturated rings. The van der Waals surface area contributed by atoms with E-state index in [1.807, 2.05) is 37.7 Å². The summed E-state index contributed by atoms with van der Waals surface area (Å²) in [7, 11) is 3.25. The van der Waals surface area contributed by atoms with Crippen molar-refractivity contribution in [2.45, 2.75) is 19.4 Å². The number of aromatic nitrogens is 2. The molecule has 0 radical (unpaired) electrons. The van der Waals surface area contributed by atoms with Gasteiger partial charge in [-0.1, -0.05) is 12.1 Å². The Morgan fingerprint density at radius 1 is 1.30 bits per heavy atom. The number of carbonyl (C=O) groups excluding carboxylic acids is 1. The summed E-state index contributed by atoms with van der Waals surface area (Å²) in [6, 6.07) is 7.01. The molecule has 0 bridgehead atoms. The van der Waals surface area contributed by atoms with Gasteiger partial charge >= 0.3 is 5.97 Å². The maximum absolute atomic E-state index is 11.8. The van der Waals surface area contributed by atoms with Gasteiger partial charge in [0.1, 0.15) is 11.3 Å². The molecule has 0 spiro atoms. The molecule has 0 aliphatic rings. The minimum absolute atomic E-state index is 0.400. The van der Waals surface area contributed by atoms with Crippen molar-refractivity contribution in [3.63, 3.8) is 0 Å². The summed E-state index contributed by atoms with van der Waals surface area (Å²) in [6.45, 7) is 3.81. The Morgan fingerprint density at radius 3 is 2.60 bits per heavy atom. The molecule has 0 amide bonds. The van der Waals surface area contributed by atoms with Crippen LogP contribution < -0.4 is 4.74 Å². The fourth-order valence-electron chi connectivity index (χ4n) is 2.10. The lowest BCUT2D eigenvalue weighted by molar-refractivity contribution is 0.0573. The summed E-state index contributed by atoms with van der Waals surface area (Å²) < 4.78 is 12.7. The fourth-order valence-corrected chi connectivity index (χ4v) is 2.10. The second-order valence-corrected chi connectivity index (χ2v) is 4.96. The van der Waals surface area contributed by atoms with E-state index in [1.165, 1.54) is 7.11 Å². The molecule has 2 rings (SSSR count). The van der Waals surface area contributed by atoms with Gasteiger partial charge in [0, 0.05) is 19.4 Å². The van der Waals surface area contributed by atoms with Crippen molar-refractivity contribution < 1.29 is 14.3 Å². The van der Waals surface area contributed by atoms with E-state index in [-0.39, 0.29) is 0 Å². The average Bonchev–Trinajstić information content (AvgIpc) is 2.85. The highest BCUT2D eigenvalue weighted by Gasteiger charge is 2.28. The molecule has 106 valence electrons. The molecule has 5 heteroatoms. The largest absolute Gasteiger partial charge is 0.479 e. The minimum atomic E-state index is -0.664. The van der Waals surface area contributed by atoms with E-state index < -0.39 is 11.6 Å². The van der Waals surface area contributed by atoms with E-state index >= 15 is 0 Å². The van der Waals surface area contributed by atoms with E-state index in [4.69, 9.17) is 9.47 Å². The number of rotatable bonds is 4. The van der Waals surface area contributed by atoms with E-state index in [0.29, 0.717) is 11.3 Å². The molecule has 0 atom stereocenters. The third kappa shape index (κ3) is 2.66. The molecule has 20 heavy (non-hydrogen) atoms. The highest BCUT2D eigenvalue weighted by molar-refractivity contribution is 5.92. The van der Waals surface area contributed by atoms with Crippen molar-refractivity contribution in [2.24, 2.45) is 7.05 Å². The maximum atomic E-state index is 11.8. The van der Waals surface area contributed by atoms with Crippen molar-refractivity contribution in [3.8, 4) is 5.75 Å². The number of esters is 1. The number of aryl methyl sites for hydroxylation is 1. The highest BCUT2D eigenvalue weighted by atomic mass is 16.5. The Morgan fingerprint density at radius 2 is 2.00 bits per heavy atom. The number of imidazole rings is 1. The van der Waals surface area contributed by atoms with Gasteiger partial charge in [-0.3, -0.25) is 0 Å². The minimum Gasteiger partial charge on any atom is -0.479 e. The Labute approximate surface area is 118 Å². The van der Waals surface area contributed by atoms with Crippen LogP contribution in [0.1, 0.15) is 30.0 Å². The van der Waals surface area contributed by atoms with Gasteiger partial charge in [-0.05, 0) is 26.0 Å². The van der Waals surface area contributed by atoms with Gasteiger partial charge in [-0.25, -0.2) is 9.78 Å². The third-order valence-electron chi connectivity index (χ3n) is 3.02. The molecule has 0 aliphatic heterocycles. The number of benzene rings is 1. The number of nitrogens with zero attached hydrogens (tertiary/aromatic N) is 2. The number of hydrogen-bond acceptors (Lipinski definition) is 4. The van der Waals surface area contributed by atoms with Gasteiger partial charge in [0.15, 0.2) is 11.4 Å². The van der Waals surface area contributed by atoms with Gasteiger partial charge in [0.05, 0.1) is 7.11 Å². The molecule has 5 nitrogen and oxygen atoms in total. The maximum Gasteiger partial charge on any atom is 0.341 e. The lowest BCUT2D eigenvalue weighted by Gasteiger charge is -2.26. The smallest absolute Gasteiger partial charge is 0.341 e. The molecular formula is C15H18N2O3. The first-order valence-corrected chi connectivity index (χ1v) is 6.30. The van der Waals surface area contributed by atoms with Crippen LogP contribution in [0, 0.1) is 0 Å². The first-order chi connectivity index (χ1) is 9.45. The zero-order valence-electron chi connectivity index (χ0n) is 12.1. The van der Waals surface area contributed by atoms with Crippen LogP contribution >= 0.6 is 0 Å². The number of ether oxygens (including phenoxy) is 2. The third-order valence-corrected chi connectivity index (χ3v) is 3.02. The molecule has 1 aromatic heterocycles. The molecular weight excluding hydrogens is 256 g/mol. The van der Waals surface area contributed by atoms with Crippen LogP contribution in [0.15, 0.2) is 36.7 Å². The normalized spacial score (nSPS) is 11.2. The summed E-state index contributed by atoms with van der Waals surface area (Å²) in [5.41, 5.74) is -0.264. The molecule has 0 N–H and O–H groups in total. The monoisotopic (exact) mass is 274 g/mol. The van der Waals surface area contributed by atoms with Crippen LogP contribution in [0.2, 0.25) is 0 Å². The lowest BCUT2D eigenvalue weighted by Crippen LogP contribution is -2.29. The number of carbonyl (C=O) groups is 1. The zero-order valence-corrected chi connectivity index (χ0v) is 12.1. The first kappa shape index (κ1) is 14.1. The van der Waals surface area contributed by atoms with Crippen LogP contribution in [0.5, 0.6) is 5.75 Å². The number of hydrogen-bond donors (Lipinski definition) is 0. The van der Waals surface area contributed by atoms with E-state index in [1.54, 1.807) is 24.4 Å². The molecule has 1 aromatic carbocycles. The Bertz CT molecular complexity index is 617. The van der Waals surface area contributed by atoms with Crippen molar-refractivity contribution >= 4 is 5.97 Å². The van der Waals surface area contributed by atoms with Crippen molar-refractivity contribution in [1.29, 1.82) is 0 Å². The predicted molar refractivity (Wildman–Crippen MR) is 74.6 cm³/mol. The Kier molecular flexibility index (Phi) is 3.79. The Balaban J connectivity index is 2.35. The summed E-state index contributed by atoms with van der Waals surface area (Å²) in [4.78, 5) is 16.1. The van der Waals surface area contributed by atoms with Crippen LogP contribution in [0.3, 0.4) is 0 Å². The van der Waals surface area contributed by atoms with Crippen LogP contribution in [-0.2, 0) is 17.4 Å². The molecule has 1 heterocycles. The summed E-state index contributed by atoms with van der Waals surface area (Å²) in [6.07, 6.45) is 3.57. The molecule has 0 unspecified atom stereocenters. The molecule has 0 saturated carbocycles. The van der Waals surface area contributed by atoms with Crippen LogP contribution in [0.4, 0.5) is 0 Å². The summed E-state index contributed by atoms with van der Waals surface area (Å²) >= 11 is 0.